The third kappa shape index (κ3) is 4.87. The van der Waals surface area contributed by atoms with Crippen LogP contribution in [0.4, 0.5) is 17.3 Å². The lowest BCUT2D eigenvalue weighted by Crippen LogP contribution is -2.28. The molecule has 2 aromatic rings. The molecule has 0 atom stereocenters. The highest BCUT2D eigenvalue weighted by Crippen LogP contribution is 2.34. The summed E-state index contributed by atoms with van der Waals surface area (Å²) in [6.07, 6.45) is 1.51. The minimum atomic E-state index is -0.0140. The molecule has 0 bridgehead atoms. The maximum Gasteiger partial charge on any atom is 0.228 e. The Labute approximate surface area is 167 Å². The normalized spacial score (nSPS) is 15.1. The van der Waals surface area contributed by atoms with Crippen LogP contribution in [0.3, 0.4) is 0 Å². The number of hydrogen-bond acceptors (Lipinski definition) is 5. The third-order valence-corrected chi connectivity index (χ3v) is 5.13. The van der Waals surface area contributed by atoms with Gasteiger partial charge in [0.05, 0.1) is 0 Å². The number of amides is 1. The summed E-state index contributed by atoms with van der Waals surface area (Å²) >= 11 is 0. The zero-order valence-electron chi connectivity index (χ0n) is 17.2. The van der Waals surface area contributed by atoms with Gasteiger partial charge in [-0.1, -0.05) is 45.9 Å². The molecule has 6 heteroatoms. The van der Waals surface area contributed by atoms with Gasteiger partial charge in [-0.2, -0.15) is 0 Å². The van der Waals surface area contributed by atoms with E-state index in [1.807, 2.05) is 6.07 Å². The van der Waals surface area contributed by atoms with Crippen molar-refractivity contribution in [3.05, 3.63) is 41.5 Å². The second-order valence-corrected chi connectivity index (χ2v) is 7.93. The van der Waals surface area contributed by atoms with Crippen molar-refractivity contribution in [1.82, 2.24) is 10.2 Å². The maximum atomic E-state index is 12.3. The number of nitrogens with zero attached hydrogens (tertiary/aromatic N) is 2. The molecule has 1 saturated heterocycles. The van der Waals surface area contributed by atoms with Gasteiger partial charge in [-0.15, -0.1) is 10.2 Å². The molecule has 6 nitrogen and oxygen atoms in total. The standard InChI is InChI=1S/C22H30N4O2/c1-14(2)17-6-5-7-18(15(3)4)21(17)23-19-8-9-20(26-25-19)24-22(27)16-10-12-28-13-11-16/h5-9,14-16H,10-13H2,1-4H3,(H,23,25)(H,24,26,27). The van der Waals surface area contributed by atoms with Crippen LogP contribution in [-0.2, 0) is 9.53 Å². The number of hydrogen-bond donors (Lipinski definition) is 2. The van der Waals surface area contributed by atoms with Crippen molar-refractivity contribution in [3.8, 4) is 0 Å². The van der Waals surface area contributed by atoms with Crippen molar-refractivity contribution < 1.29 is 9.53 Å². The summed E-state index contributed by atoms with van der Waals surface area (Å²) in [5.41, 5.74) is 3.61. The first kappa shape index (κ1) is 20.3. The minimum absolute atomic E-state index is 0.00874. The number of nitrogens with one attached hydrogen (secondary N) is 2. The van der Waals surface area contributed by atoms with Crippen LogP contribution in [0.1, 0.15) is 63.5 Å². The van der Waals surface area contributed by atoms with Crippen LogP contribution in [-0.4, -0.2) is 29.3 Å². The van der Waals surface area contributed by atoms with Gasteiger partial charge >= 0.3 is 0 Å². The number of anilines is 3. The molecule has 2 heterocycles. The first-order chi connectivity index (χ1) is 13.5. The molecule has 2 N–H and O–H groups in total. The molecule has 0 aliphatic carbocycles. The summed E-state index contributed by atoms with van der Waals surface area (Å²) in [7, 11) is 0. The number of carbonyl (C=O) groups excluding carboxylic acids is 1. The zero-order chi connectivity index (χ0) is 20.1. The highest BCUT2D eigenvalue weighted by atomic mass is 16.5. The molecule has 0 spiro atoms. The van der Waals surface area contributed by atoms with Crippen LogP contribution in [0.5, 0.6) is 0 Å². The van der Waals surface area contributed by atoms with E-state index >= 15 is 0 Å². The Kier molecular flexibility index (Phi) is 6.62. The van der Waals surface area contributed by atoms with E-state index in [2.05, 4.69) is 66.7 Å². The molecule has 1 aromatic heterocycles. The Morgan fingerprint density at radius 1 is 0.964 bits per heavy atom. The highest BCUT2D eigenvalue weighted by Gasteiger charge is 2.22. The summed E-state index contributed by atoms with van der Waals surface area (Å²) in [4.78, 5) is 12.3. The monoisotopic (exact) mass is 382 g/mol. The summed E-state index contributed by atoms with van der Waals surface area (Å²) < 4.78 is 5.31. The second kappa shape index (κ2) is 9.15. The van der Waals surface area contributed by atoms with Crippen molar-refractivity contribution in [2.45, 2.75) is 52.4 Å². The molecule has 0 unspecified atom stereocenters. The number of para-hydroxylation sites is 1. The largest absolute Gasteiger partial charge is 0.381 e. The number of benzene rings is 1. The van der Waals surface area contributed by atoms with Crippen LogP contribution in [0.25, 0.3) is 0 Å². The predicted molar refractivity (Wildman–Crippen MR) is 112 cm³/mol. The lowest BCUT2D eigenvalue weighted by atomic mass is 9.92. The smallest absolute Gasteiger partial charge is 0.228 e. The Hall–Kier alpha value is -2.47. The fourth-order valence-electron chi connectivity index (χ4n) is 3.48. The third-order valence-electron chi connectivity index (χ3n) is 5.13. The van der Waals surface area contributed by atoms with Gasteiger partial charge in [0.1, 0.15) is 0 Å². The minimum Gasteiger partial charge on any atom is -0.381 e. The Bertz CT molecular complexity index is 770. The molecule has 1 amide bonds. The van der Waals surface area contributed by atoms with Crippen molar-refractivity contribution in [1.29, 1.82) is 0 Å². The van der Waals surface area contributed by atoms with E-state index in [-0.39, 0.29) is 11.8 Å². The average molecular weight is 383 g/mol. The van der Waals surface area contributed by atoms with Crippen LogP contribution < -0.4 is 10.6 Å². The summed E-state index contributed by atoms with van der Waals surface area (Å²) in [5, 5.41) is 14.8. The van der Waals surface area contributed by atoms with Gasteiger partial charge in [-0.3, -0.25) is 4.79 Å². The van der Waals surface area contributed by atoms with E-state index in [1.165, 1.54) is 11.1 Å². The van der Waals surface area contributed by atoms with E-state index in [4.69, 9.17) is 4.74 Å². The Balaban J connectivity index is 1.73. The van der Waals surface area contributed by atoms with Crippen LogP contribution in [0.2, 0.25) is 0 Å². The van der Waals surface area contributed by atoms with Crippen LogP contribution in [0.15, 0.2) is 30.3 Å². The molecular weight excluding hydrogens is 352 g/mol. The van der Waals surface area contributed by atoms with Gasteiger partial charge in [0.2, 0.25) is 5.91 Å². The fourth-order valence-corrected chi connectivity index (χ4v) is 3.48. The topological polar surface area (TPSA) is 76.1 Å². The molecule has 3 rings (SSSR count). The molecule has 1 aliphatic rings. The van der Waals surface area contributed by atoms with Crippen molar-refractivity contribution in [2.75, 3.05) is 23.8 Å². The van der Waals surface area contributed by atoms with E-state index in [0.717, 1.165) is 18.5 Å². The zero-order valence-corrected chi connectivity index (χ0v) is 17.2. The molecule has 1 aromatic carbocycles. The second-order valence-electron chi connectivity index (χ2n) is 7.93. The molecule has 1 fully saturated rings. The Morgan fingerprint density at radius 2 is 1.54 bits per heavy atom. The lowest BCUT2D eigenvalue weighted by Gasteiger charge is -2.21. The van der Waals surface area contributed by atoms with Gasteiger partial charge in [-0.25, -0.2) is 0 Å². The number of carbonyl (C=O) groups is 1. The van der Waals surface area contributed by atoms with Gasteiger partial charge in [0.15, 0.2) is 11.6 Å². The first-order valence-electron chi connectivity index (χ1n) is 10.1. The molecule has 0 radical (unpaired) electrons. The summed E-state index contributed by atoms with van der Waals surface area (Å²) in [6.45, 7) is 10.0. The maximum absolute atomic E-state index is 12.3. The van der Waals surface area contributed by atoms with Gasteiger partial charge in [0, 0.05) is 24.8 Å². The molecular formula is C22H30N4O2. The molecule has 0 saturated carbocycles. The van der Waals surface area contributed by atoms with Crippen molar-refractivity contribution >= 4 is 23.2 Å². The molecule has 28 heavy (non-hydrogen) atoms. The van der Waals surface area contributed by atoms with Crippen molar-refractivity contribution in [3.63, 3.8) is 0 Å². The summed E-state index contributed by atoms with van der Waals surface area (Å²) in [6, 6.07) is 10.0. The van der Waals surface area contributed by atoms with E-state index in [0.29, 0.717) is 36.7 Å². The average Bonchev–Trinajstić information content (AvgIpc) is 2.70. The van der Waals surface area contributed by atoms with Crippen molar-refractivity contribution in [2.24, 2.45) is 5.92 Å². The fraction of sp³-hybridized carbons (Fsp3) is 0.500. The SMILES string of the molecule is CC(C)c1cccc(C(C)C)c1Nc1ccc(NC(=O)C2CCOCC2)nn1. The van der Waals surface area contributed by atoms with Gasteiger partial charge in [0.25, 0.3) is 0 Å². The van der Waals surface area contributed by atoms with E-state index < -0.39 is 0 Å². The van der Waals surface area contributed by atoms with E-state index in [9.17, 15) is 4.79 Å². The molecule has 150 valence electrons. The summed E-state index contributed by atoms with van der Waals surface area (Å²) in [5.74, 6) is 1.91. The Morgan fingerprint density at radius 3 is 2.07 bits per heavy atom. The number of ether oxygens (including phenoxy) is 1. The number of aromatic nitrogens is 2. The van der Waals surface area contributed by atoms with E-state index in [1.54, 1.807) is 6.07 Å². The highest BCUT2D eigenvalue weighted by molar-refractivity contribution is 5.91. The van der Waals surface area contributed by atoms with Crippen LogP contribution in [0, 0.1) is 5.92 Å². The van der Waals surface area contributed by atoms with Gasteiger partial charge < -0.3 is 15.4 Å². The molecule has 1 aliphatic heterocycles. The predicted octanol–water partition coefficient (Wildman–Crippen LogP) is 4.83. The van der Waals surface area contributed by atoms with Gasteiger partial charge in [-0.05, 0) is 47.9 Å². The quantitative estimate of drug-likeness (QED) is 0.748. The number of rotatable bonds is 6. The van der Waals surface area contributed by atoms with Crippen LogP contribution >= 0.6 is 0 Å². The first-order valence-corrected chi connectivity index (χ1v) is 10.1. The lowest BCUT2D eigenvalue weighted by molar-refractivity contribution is -0.122.